The van der Waals surface area contributed by atoms with E-state index in [0.717, 1.165) is 6.42 Å². The second-order valence-electron chi connectivity index (χ2n) is 5.60. The van der Waals surface area contributed by atoms with Gasteiger partial charge in [0.25, 0.3) is 0 Å². The third-order valence-electron chi connectivity index (χ3n) is 3.65. The highest BCUT2D eigenvalue weighted by Gasteiger charge is 2.40. The van der Waals surface area contributed by atoms with Gasteiger partial charge in [-0.25, -0.2) is 0 Å². The standard InChI is InChI=1S/C16H22O2/c1-12(2)8-15-9-16(10-17,11-18-15)14-6-4-13(3)5-7-14/h4-8,15,17H,9-11H2,1-3H3/t15-,16-/m1/s1. The molecule has 0 aromatic heterocycles. The van der Waals surface area contributed by atoms with E-state index in [-0.39, 0.29) is 18.1 Å². The molecule has 1 N–H and O–H groups in total. The Kier molecular flexibility index (Phi) is 3.88. The van der Waals surface area contributed by atoms with Crippen molar-refractivity contribution >= 4 is 0 Å². The third-order valence-corrected chi connectivity index (χ3v) is 3.65. The summed E-state index contributed by atoms with van der Waals surface area (Å²) in [6, 6.07) is 8.42. The summed E-state index contributed by atoms with van der Waals surface area (Å²) < 4.78 is 5.82. The van der Waals surface area contributed by atoms with Crippen LogP contribution in [0.15, 0.2) is 35.9 Å². The molecule has 2 atom stereocenters. The van der Waals surface area contributed by atoms with Crippen LogP contribution in [0.4, 0.5) is 0 Å². The third kappa shape index (κ3) is 2.65. The predicted molar refractivity (Wildman–Crippen MR) is 73.7 cm³/mol. The Bertz CT molecular complexity index is 429. The minimum atomic E-state index is -0.232. The van der Waals surface area contributed by atoms with Crippen molar-refractivity contribution in [2.45, 2.75) is 38.7 Å². The van der Waals surface area contributed by atoms with Crippen LogP contribution in [0, 0.1) is 6.92 Å². The fourth-order valence-electron chi connectivity index (χ4n) is 2.56. The molecule has 1 aliphatic heterocycles. The first kappa shape index (κ1) is 13.3. The molecule has 2 nitrogen and oxygen atoms in total. The van der Waals surface area contributed by atoms with Gasteiger partial charge in [0.1, 0.15) is 0 Å². The number of aliphatic hydroxyl groups is 1. The van der Waals surface area contributed by atoms with Gasteiger partial charge in [-0.1, -0.05) is 41.5 Å². The highest BCUT2D eigenvalue weighted by molar-refractivity contribution is 5.31. The average Bonchev–Trinajstić information content (AvgIpc) is 2.74. The summed E-state index contributed by atoms with van der Waals surface area (Å²) >= 11 is 0. The Morgan fingerprint density at radius 3 is 2.61 bits per heavy atom. The minimum Gasteiger partial charge on any atom is -0.395 e. The summed E-state index contributed by atoms with van der Waals surface area (Å²) in [6.45, 7) is 6.97. The Labute approximate surface area is 109 Å². The molecule has 0 spiro atoms. The molecule has 2 rings (SSSR count). The quantitative estimate of drug-likeness (QED) is 0.831. The first-order chi connectivity index (χ1) is 8.55. The molecule has 18 heavy (non-hydrogen) atoms. The number of aliphatic hydroxyl groups excluding tert-OH is 1. The minimum absolute atomic E-state index is 0.128. The second-order valence-corrected chi connectivity index (χ2v) is 5.60. The first-order valence-electron chi connectivity index (χ1n) is 6.50. The van der Waals surface area contributed by atoms with E-state index in [1.807, 2.05) is 0 Å². The number of benzene rings is 1. The van der Waals surface area contributed by atoms with Gasteiger partial charge < -0.3 is 9.84 Å². The van der Waals surface area contributed by atoms with Gasteiger partial charge in [-0.05, 0) is 32.8 Å². The van der Waals surface area contributed by atoms with E-state index in [4.69, 9.17) is 4.74 Å². The molecule has 0 amide bonds. The lowest BCUT2D eigenvalue weighted by molar-refractivity contribution is 0.116. The van der Waals surface area contributed by atoms with Gasteiger partial charge in [-0.2, -0.15) is 0 Å². The van der Waals surface area contributed by atoms with Crippen molar-refractivity contribution in [2.75, 3.05) is 13.2 Å². The summed E-state index contributed by atoms with van der Waals surface area (Å²) in [5.41, 5.74) is 3.45. The summed E-state index contributed by atoms with van der Waals surface area (Å²) in [7, 11) is 0. The maximum atomic E-state index is 9.79. The maximum Gasteiger partial charge on any atom is 0.0768 e. The zero-order valence-electron chi connectivity index (χ0n) is 11.4. The molecule has 0 unspecified atom stereocenters. The van der Waals surface area contributed by atoms with Gasteiger partial charge in [0.15, 0.2) is 0 Å². The zero-order chi connectivity index (χ0) is 13.2. The number of rotatable bonds is 3. The molecular formula is C16H22O2. The summed E-state index contributed by atoms with van der Waals surface area (Å²) in [6.07, 6.45) is 3.13. The number of aryl methyl sites for hydroxylation is 1. The first-order valence-corrected chi connectivity index (χ1v) is 6.50. The lowest BCUT2D eigenvalue weighted by Gasteiger charge is -2.25. The van der Waals surface area contributed by atoms with Crippen molar-refractivity contribution < 1.29 is 9.84 Å². The average molecular weight is 246 g/mol. The Morgan fingerprint density at radius 2 is 2.06 bits per heavy atom. The predicted octanol–water partition coefficient (Wildman–Crippen LogP) is 2.98. The fourth-order valence-corrected chi connectivity index (χ4v) is 2.56. The smallest absolute Gasteiger partial charge is 0.0768 e. The van der Waals surface area contributed by atoms with Gasteiger partial charge in [0.2, 0.25) is 0 Å². The SMILES string of the molecule is CC(C)=C[C@@H]1C[C@](CO)(c2ccc(C)cc2)CO1. The van der Waals surface area contributed by atoms with Crippen LogP contribution in [0.3, 0.4) is 0 Å². The Morgan fingerprint density at radius 1 is 1.39 bits per heavy atom. The molecule has 2 heteroatoms. The fraction of sp³-hybridized carbons (Fsp3) is 0.500. The van der Waals surface area contributed by atoms with E-state index in [1.54, 1.807) is 0 Å². The van der Waals surface area contributed by atoms with E-state index < -0.39 is 0 Å². The molecule has 0 bridgehead atoms. The van der Waals surface area contributed by atoms with E-state index in [2.05, 4.69) is 51.1 Å². The van der Waals surface area contributed by atoms with Crippen LogP contribution in [-0.4, -0.2) is 24.4 Å². The van der Waals surface area contributed by atoms with Crippen LogP contribution in [0.25, 0.3) is 0 Å². The number of ether oxygens (including phenoxy) is 1. The lowest BCUT2D eigenvalue weighted by Crippen LogP contribution is -2.31. The molecule has 1 heterocycles. The van der Waals surface area contributed by atoms with Gasteiger partial charge >= 0.3 is 0 Å². The Hall–Kier alpha value is -1.12. The molecule has 0 aliphatic carbocycles. The van der Waals surface area contributed by atoms with Gasteiger partial charge in [-0.15, -0.1) is 0 Å². The molecule has 0 saturated carbocycles. The zero-order valence-corrected chi connectivity index (χ0v) is 11.4. The van der Waals surface area contributed by atoms with E-state index in [0.29, 0.717) is 6.61 Å². The van der Waals surface area contributed by atoms with Gasteiger partial charge in [0, 0.05) is 5.41 Å². The van der Waals surface area contributed by atoms with Gasteiger partial charge in [-0.3, -0.25) is 0 Å². The maximum absolute atomic E-state index is 9.79. The molecule has 1 fully saturated rings. The van der Waals surface area contributed by atoms with E-state index in [1.165, 1.54) is 16.7 Å². The molecule has 1 saturated heterocycles. The van der Waals surface area contributed by atoms with Crippen molar-refractivity contribution in [3.8, 4) is 0 Å². The number of allylic oxidation sites excluding steroid dienone is 1. The summed E-state index contributed by atoms with van der Waals surface area (Å²) in [5.74, 6) is 0. The highest BCUT2D eigenvalue weighted by atomic mass is 16.5. The van der Waals surface area contributed by atoms with Crippen LogP contribution in [-0.2, 0) is 10.2 Å². The van der Waals surface area contributed by atoms with Crippen LogP contribution in [0.1, 0.15) is 31.4 Å². The van der Waals surface area contributed by atoms with Crippen molar-refractivity contribution in [1.82, 2.24) is 0 Å². The number of hydrogen-bond donors (Lipinski definition) is 1. The van der Waals surface area contributed by atoms with Gasteiger partial charge in [0.05, 0.1) is 19.3 Å². The highest BCUT2D eigenvalue weighted by Crippen LogP contribution is 2.37. The molecule has 1 aromatic carbocycles. The normalized spacial score (nSPS) is 27.2. The topological polar surface area (TPSA) is 29.5 Å². The largest absolute Gasteiger partial charge is 0.395 e. The monoisotopic (exact) mass is 246 g/mol. The van der Waals surface area contributed by atoms with E-state index in [9.17, 15) is 5.11 Å². The lowest BCUT2D eigenvalue weighted by atomic mass is 9.79. The van der Waals surface area contributed by atoms with Crippen LogP contribution in [0.5, 0.6) is 0 Å². The molecule has 0 radical (unpaired) electrons. The molecule has 1 aliphatic rings. The second kappa shape index (κ2) is 5.25. The molecule has 98 valence electrons. The molecule has 1 aromatic rings. The summed E-state index contributed by atoms with van der Waals surface area (Å²) in [5, 5.41) is 9.79. The van der Waals surface area contributed by atoms with Crippen LogP contribution in [0.2, 0.25) is 0 Å². The van der Waals surface area contributed by atoms with E-state index >= 15 is 0 Å². The Balaban J connectivity index is 2.23. The van der Waals surface area contributed by atoms with Crippen molar-refractivity contribution in [3.63, 3.8) is 0 Å². The van der Waals surface area contributed by atoms with Crippen molar-refractivity contribution in [1.29, 1.82) is 0 Å². The van der Waals surface area contributed by atoms with Crippen molar-refractivity contribution in [3.05, 3.63) is 47.0 Å². The van der Waals surface area contributed by atoms with Crippen LogP contribution < -0.4 is 0 Å². The molecular weight excluding hydrogens is 224 g/mol. The number of hydrogen-bond acceptors (Lipinski definition) is 2. The van der Waals surface area contributed by atoms with Crippen molar-refractivity contribution in [2.24, 2.45) is 0 Å². The van der Waals surface area contributed by atoms with Crippen LogP contribution >= 0.6 is 0 Å². The summed E-state index contributed by atoms with van der Waals surface area (Å²) in [4.78, 5) is 0.